The van der Waals surface area contributed by atoms with E-state index < -0.39 is 6.17 Å². The summed E-state index contributed by atoms with van der Waals surface area (Å²) in [5.41, 5.74) is 1.03. The lowest BCUT2D eigenvalue weighted by molar-refractivity contribution is 0.324. The normalized spacial score (nSPS) is 12.8. The summed E-state index contributed by atoms with van der Waals surface area (Å²) in [7, 11) is 1.76. The summed E-state index contributed by atoms with van der Waals surface area (Å²) in [6.45, 7) is 0.409. The molecule has 0 fully saturated rings. The zero-order valence-electron chi connectivity index (χ0n) is 7.56. The molecule has 1 unspecified atom stereocenters. The highest BCUT2D eigenvalue weighted by molar-refractivity contribution is 9.10. The Hall–Kier alpha value is -0.410. The van der Waals surface area contributed by atoms with Gasteiger partial charge in [0.05, 0.1) is 0 Å². The van der Waals surface area contributed by atoms with Crippen LogP contribution in [0.5, 0.6) is 0 Å². The number of rotatable bonds is 4. The van der Waals surface area contributed by atoms with Crippen LogP contribution in [0.2, 0.25) is 0 Å². The Morgan fingerprint density at radius 1 is 1.54 bits per heavy atom. The van der Waals surface area contributed by atoms with Crippen molar-refractivity contribution in [2.75, 3.05) is 13.6 Å². The standard InChI is InChI=1S/C10H13BrFN/c1-13-7-10(12)6-8-3-2-4-9(11)5-8/h2-5,10,13H,6-7H2,1H3. The minimum atomic E-state index is -0.806. The van der Waals surface area contributed by atoms with Gasteiger partial charge in [0.1, 0.15) is 6.17 Å². The maximum Gasteiger partial charge on any atom is 0.116 e. The van der Waals surface area contributed by atoms with Gasteiger partial charge in [-0.2, -0.15) is 0 Å². The first-order chi connectivity index (χ1) is 6.22. The van der Waals surface area contributed by atoms with Gasteiger partial charge in [0.2, 0.25) is 0 Å². The van der Waals surface area contributed by atoms with E-state index in [-0.39, 0.29) is 0 Å². The molecule has 1 N–H and O–H groups in total. The molecule has 0 aliphatic heterocycles. The summed E-state index contributed by atoms with van der Waals surface area (Å²) >= 11 is 3.35. The fraction of sp³-hybridized carbons (Fsp3) is 0.400. The van der Waals surface area contributed by atoms with Gasteiger partial charge in [-0.05, 0) is 24.7 Å². The largest absolute Gasteiger partial charge is 0.317 e. The van der Waals surface area contributed by atoms with Gasteiger partial charge < -0.3 is 5.32 Å². The summed E-state index contributed by atoms with van der Waals surface area (Å²) in [6, 6.07) is 7.75. The van der Waals surface area contributed by atoms with E-state index in [4.69, 9.17) is 0 Å². The quantitative estimate of drug-likeness (QED) is 0.860. The van der Waals surface area contributed by atoms with Crippen LogP contribution in [-0.2, 0) is 6.42 Å². The molecule has 0 aromatic heterocycles. The molecule has 0 heterocycles. The van der Waals surface area contributed by atoms with E-state index >= 15 is 0 Å². The fourth-order valence-electron chi connectivity index (χ4n) is 1.21. The van der Waals surface area contributed by atoms with E-state index in [9.17, 15) is 4.39 Å². The molecule has 0 aliphatic carbocycles. The van der Waals surface area contributed by atoms with Crippen LogP contribution in [0.3, 0.4) is 0 Å². The molecule has 1 nitrogen and oxygen atoms in total. The van der Waals surface area contributed by atoms with Crippen LogP contribution in [0.15, 0.2) is 28.7 Å². The van der Waals surface area contributed by atoms with Crippen LogP contribution in [0, 0.1) is 0 Å². The van der Waals surface area contributed by atoms with Crippen molar-refractivity contribution in [3.05, 3.63) is 34.3 Å². The number of halogens is 2. The summed E-state index contributed by atoms with van der Waals surface area (Å²) in [5, 5.41) is 2.82. The van der Waals surface area contributed by atoms with Crippen molar-refractivity contribution in [3.63, 3.8) is 0 Å². The second-order valence-electron chi connectivity index (χ2n) is 2.99. The first-order valence-corrected chi connectivity index (χ1v) is 5.05. The molecule has 1 atom stereocenters. The third kappa shape index (κ3) is 3.87. The van der Waals surface area contributed by atoms with E-state index in [0.29, 0.717) is 13.0 Å². The second-order valence-corrected chi connectivity index (χ2v) is 3.90. The molecule has 0 radical (unpaired) electrons. The topological polar surface area (TPSA) is 12.0 Å². The number of alkyl halides is 1. The average molecular weight is 246 g/mol. The fourth-order valence-corrected chi connectivity index (χ4v) is 1.66. The third-order valence-electron chi connectivity index (χ3n) is 1.77. The summed E-state index contributed by atoms with van der Waals surface area (Å²) < 4.78 is 14.1. The zero-order valence-corrected chi connectivity index (χ0v) is 9.14. The van der Waals surface area contributed by atoms with Crippen molar-refractivity contribution in [2.45, 2.75) is 12.6 Å². The Bertz CT molecular complexity index is 265. The number of hydrogen-bond donors (Lipinski definition) is 1. The van der Waals surface area contributed by atoms with E-state index in [0.717, 1.165) is 10.0 Å². The Balaban J connectivity index is 2.53. The van der Waals surface area contributed by atoms with Gasteiger partial charge in [-0.1, -0.05) is 28.1 Å². The van der Waals surface area contributed by atoms with Gasteiger partial charge in [0, 0.05) is 17.4 Å². The van der Waals surface area contributed by atoms with Crippen molar-refractivity contribution in [2.24, 2.45) is 0 Å². The first kappa shape index (κ1) is 10.7. The maximum atomic E-state index is 13.1. The van der Waals surface area contributed by atoms with E-state index in [1.165, 1.54) is 0 Å². The lowest BCUT2D eigenvalue weighted by atomic mass is 10.1. The zero-order chi connectivity index (χ0) is 9.68. The molecule has 0 spiro atoms. The number of benzene rings is 1. The summed E-state index contributed by atoms with van der Waals surface area (Å²) in [4.78, 5) is 0. The van der Waals surface area contributed by atoms with Crippen LogP contribution >= 0.6 is 15.9 Å². The SMILES string of the molecule is CNCC(F)Cc1cccc(Br)c1. The summed E-state index contributed by atoms with van der Waals surface area (Å²) in [5.74, 6) is 0. The van der Waals surface area contributed by atoms with Crippen molar-refractivity contribution in [1.82, 2.24) is 5.32 Å². The molecule has 0 saturated heterocycles. The predicted molar refractivity (Wildman–Crippen MR) is 56.7 cm³/mol. The van der Waals surface area contributed by atoms with Gasteiger partial charge in [-0.3, -0.25) is 0 Å². The summed E-state index contributed by atoms with van der Waals surface area (Å²) in [6.07, 6.45) is -0.334. The van der Waals surface area contributed by atoms with Crippen molar-refractivity contribution < 1.29 is 4.39 Å². The van der Waals surface area contributed by atoms with Crippen LogP contribution in [0.4, 0.5) is 4.39 Å². The van der Waals surface area contributed by atoms with Gasteiger partial charge in [-0.15, -0.1) is 0 Å². The molecular formula is C10H13BrFN. The smallest absolute Gasteiger partial charge is 0.116 e. The lowest BCUT2D eigenvalue weighted by Gasteiger charge is -2.07. The van der Waals surface area contributed by atoms with Gasteiger partial charge in [0.25, 0.3) is 0 Å². The molecule has 1 rings (SSSR count). The molecule has 1 aromatic rings. The number of hydrogen-bond acceptors (Lipinski definition) is 1. The molecule has 0 bridgehead atoms. The van der Waals surface area contributed by atoms with E-state index in [2.05, 4.69) is 21.2 Å². The van der Waals surface area contributed by atoms with E-state index in [1.54, 1.807) is 7.05 Å². The van der Waals surface area contributed by atoms with Crippen molar-refractivity contribution >= 4 is 15.9 Å². The number of nitrogens with one attached hydrogen (secondary N) is 1. The molecule has 13 heavy (non-hydrogen) atoms. The minimum absolute atomic E-state index is 0.409. The molecule has 0 saturated carbocycles. The highest BCUT2D eigenvalue weighted by Gasteiger charge is 2.05. The maximum absolute atomic E-state index is 13.1. The highest BCUT2D eigenvalue weighted by atomic mass is 79.9. The molecule has 0 amide bonds. The van der Waals surface area contributed by atoms with Crippen LogP contribution < -0.4 is 5.32 Å². The monoisotopic (exact) mass is 245 g/mol. The van der Waals surface area contributed by atoms with Crippen LogP contribution in [-0.4, -0.2) is 19.8 Å². The van der Waals surface area contributed by atoms with Gasteiger partial charge in [0.15, 0.2) is 0 Å². The molecule has 0 aliphatic rings. The Morgan fingerprint density at radius 3 is 2.92 bits per heavy atom. The minimum Gasteiger partial charge on any atom is -0.317 e. The Kier molecular flexibility index (Phi) is 4.39. The van der Waals surface area contributed by atoms with Crippen molar-refractivity contribution in [1.29, 1.82) is 0 Å². The molecule has 1 aromatic carbocycles. The van der Waals surface area contributed by atoms with E-state index in [1.807, 2.05) is 24.3 Å². The van der Waals surface area contributed by atoms with Crippen LogP contribution in [0.1, 0.15) is 5.56 Å². The average Bonchev–Trinajstić information content (AvgIpc) is 2.04. The highest BCUT2D eigenvalue weighted by Crippen LogP contribution is 2.13. The predicted octanol–water partition coefficient (Wildman–Crippen LogP) is 2.55. The molecular weight excluding hydrogens is 233 g/mol. The van der Waals surface area contributed by atoms with Gasteiger partial charge in [-0.25, -0.2) is 4.39 Å². The first-order valence-electron chi connectivity index (χ1n) is 4.25. The molecule has 72 valence electrons. The Labute approximate surface area is 86.5 Å². The van der Waals surface area contributed by atoms with Crippen LogP contribution in [0.25, 0.3) is 0 Å². The van der Waals surface area contributed by atoms with Gasteiger partial charge >= 0.3 is 0 Å². The Morgan fingerprint density at radius 2 is 2.31 bits per heavy atom. The molecule has 3 heteroatoms. The third-order valence-corrected chi connectivity index (χ3v) is 2.27. The lowest BCUT2D eigenvalue weighted by Crippen LogP contribution is -2.21. The van der Waals surface area contributed by atoms with Crippen molar-refractivity contribution in [3.8, 4) is 0 Å². The second kappa shape index (κ2) is 5.35.